The van der Waals surface area contributed by atoms with Crippen molar-refractivity contribution in [3.8, 4) is 11.1 Å². The minimum absolute atomic E-state index is 0.194. The summed E-state index contributed by atoms with van der Waals surface area (Å²) in [7, 11) is 0. The Bertz CT molecular complexity index is 1350. The third-order valence-corrected chi connectivity index (χ3v) is 6.59. The largest absolute Gasteiger partial charge is 0.465 e. The summed E-state index contributed by atoms with van der Waals surface area (Å²) in [4.78, 5) is 20.4. The summed E-state index contributed by atoms with van der Waals surface area (Å²) in [6, 6.07) is 7.65. The van der Waals surface area contributed by atoms with Crippen LogP contribution in [0.25, 0.3) is 34.3 Å². The smallest absolute Gasteiger partial charge is 0.407 e. The third-order valence-electron chi connectivity index (χ3n) is 6.01. The Labute approximate surface area is 200 Å². The molecule has 0 bridgehead atoms. The Morgan fingerprint density at radius 1 is 1.09 bits per heavy atom. The van der Waals surface area contributed by atoms with Gasteiger partial charge in [-0.1, -0.05) is 35.4 Å². The van der Waals surface area contributed by atoms with E-state index in [1.54, 1.807) is 12.1 Å². The number of amides is 1. The Morgan fingerprint density at radius 2 is 1.88 bits per heavy atom. The number of halogens is 2. The number of rotatable bonds is 4. The molecule has 1 aromatic carbocycles. The maximum absolute atomic E-state index is 11.1. The van der Waals surface area contributed by atoms with Gasteiger partial charge in [-0.2, -0.15) is 5.10 Å². The summed E-state index contributed by atoms with van der Waals surface area (Å²) in [6.07, 6.45) is 12.2. The lowest BCUT2D eigenvalue weighted by Gasteiger charge is -2.30. The second-order valence-electron chi connectivity index (χ2n) is 8.07. The van der Waals surface area contributed by atoms with Gasteiger partial charge in [-0.05, 0) is 42.7 Å². The molecule has 0 radical (unpaired) electrons. The number of carboxylic acid groups (broad SMARTS) is 1. The Kier molecular flexibility index (Phi) is 5.83. The number of H-pyrrole nitrogens is 1. The van der Waals surface area contributed by atoms with E-state index in [4.69, 9.17) is 28.3 Å². The number of hydrogen-bond donors (Lipinski definition) is 2. The van der Waals surface area contributed by atoms with Gasteiger partial charge in [0.25, 0.3) is 0 Å². The quantitative estimate of drug-likeness (QED) is 0.362. The molecule has 1 aliphatic heterocycles. The third kappa shape index (κ3) is 4.47. The van der Waals surface area contributed by atoms with Gasteiger partial charge in [-0.15, -0.1) is 0 Å². The normalized spacial score (nSPS) is 15.0. The number of nitrogens with zero attached hydrogens (tertiary/aromatic N) is 4. The maximum Gasteiger partial charge on any atom is 0.407 e. The molecule has 9 heteroatoms. The van der Waals surface area contributed by atoms with Crippen LogP contribution in [-0.4, -0.2) is 48.9 Å². The lowest BCUT2D eigenvalue weighted by Crippen LogP contribution is -2.38. The highest BCUT2D eigenvalue weighted by Gasteiger charge is 2.24. The summed E-state index contributed by atoms with van der Waals surface area (Å²) in [5, 5.41) is 15.9. The van der Waals surface area contributed by atoms with E-state index in [2.05, 4.69) is 21.1 Å². The first-order valence-corrected chi connectivity index (χ1v) is 11.4. The summed E-state index contributed by atoms with van der Waals surface area (Å²) in [6.45, 7) is 1.05. The van der Waals surface area contributed by atoms with E-state index in [0.717, 1.165) is 46.1 Å². The second kappa shape index (κ2) is 8.92. The van der Waals surface area contributed by atoms with Crippen molar-refractivity contribution in [1.82, 2.24) is 24.6 Å². The van der Waals surface area contributed by atoms with Crippen LogP contribution in [0, 0.1) is 0 Å². The number of piperidine rings is 1. The average molecular weight is 482 g/mol. The topological polar surface area (TPSA) is 87.0 Å². The number of pyridine rings is 1. The molecule has 3 aromatic heterocycles. The molecule has 0 aliphatic carbocycles. The van der Waals surface area contributed by atoms with Gasteiger partial charge in [0.05, 0.1) is 12.2 Å². The predicted octanol–water partition coefficient (Wildman–Crippen LogP) is 6.22. The van der Waals surface area contributed by atoms with Gasteiger partial charge in [-0.3, -0.25) is 4.68 Å². The van der Waals surface area contributed by atoms with Crippen LogP contribution in [0.2, 0.25) is 10.0 Å². The standard InChI is InChI=1S/C24H21Cl2N5O2/c25-19-3-4-22(26)15(9-19)1-2-16-11-27-23-21(16)10-17(12-28-23)18-13-29-31(14-18)20-5-7-30(8-6-20)24(32)33/h1-4,9-14,20H,5-8H2,(H,27,28)(H,32,33)/b2-1+. The maximum atomic E-state index is 11.1. The molecule has 0 unspecified atom stereocenters. The minimum Gasteiger partial charge on any atom is -0.465 e. The number of hydrogen-bond acceptors (Lipinski definition) is 3. The zero-order chi connectivity index (χ0) is 22.9. The molecule has 0 saturated carbocycles. The molecule has 4 heterocycles. The molecule has 7 nitrogen and oxygen atoms in total. The van der Waals surface area contributed by atoms with Crippen LogP contribution in [0.4, 0.5) is 4.79 Å². The van der Waals surface area contributed by atoms with Crippen molar-refractivity contribution >= 4 is 52.5 Å². The van der Waals surface area contributed by atoms with Gasteiger partial charge in [0.15, 0.2) is 0 Å². The van der Waals surface area contributed by atoms with Crippen LogP contribution in [0.3, 0.4) is 0 Å². The minimum atomic E-state index is -0.858. The predicted molar refractivity (Wildman–Crippen MR) is 131 cm³/mol. The first-order valence-electron chi connectivity index (χ1n) is 10.6. The van der Waals surface area contributed by atoms with Gasteiger partial charge in [0.2, 0.25) is 0 Å². The van der Waals surface area contributed by atoms with Crippen molar-refractivity contribution in [3.63, 3.8) is 0 Å². The van der Waals surface area contributed by atoms with E-state index in [1.165, 1.54) is 4.90 Å². The van der Waals surface area contributed by atoms with Crippen LogP contribution in [0.5, 0.6) is 0 Å². The van der Waals surface area contributed by atoms with E-state index in [9.17, 15) is 4.79 Å². The number of carbonyl (C=O) groups is 1. The molecule has 0 spiro atoms. The fraction of sp³-hybridized carbons (Fsp3) is 0.208. The summed E-state index contributed by atoms with van der Waals surface area (Å²) in [5.41, 5.74) is 4.57. The number of fused-ring (bicyclic) bond motifs is 1. The van der Waals surface area contributed by atoms with E-state index in [0.29, 0.717) is 23.1 Å². The lowest BCUT2D eigenvalue weighted by molar-refractivity contribution is 0.124. The van der Waals surface area contributed by atoms with Crippen LogP contribution in [-0.2, 0) is 0 Å². The van der Waals surface area contributed by atoms with E-state index < -0.39 is 6.09 Å². The highest BCUT2D eigenvalue weighted by atomic mass is 35.5. The average Bonchev–Trinajstić information content (AvgIpc) is 3.47. The summed E-state index contributed by atoms with van der Waals surface area (Å²) >= 11 is 12.4. The van der Waals surface area contributed by atoms with Crippen molar-refractivity contribution in [2.24, 2.45) is 0 Å². The SMILES string of the molecule is O=C(O)N1CCC(n2cc(-c3cnc4[nH]cc(/C=C/c5cc(Cl)ccc5Cl)c4c3)cn2)CC1. The van der Waals surface area contributed by atoms with E-state index in [1.807, 2.05) is 47.7 Å². The summed E-state index contributed by atoms with van der Waals surface area (Å²) in [5.74, 6) is 0. The molecule has 5 rings (SSSR count). The molecular formula is C24H21Cl2N5O2. The molecule has 0 atom stereocenters. The summed E-state index contributed by atoms with van der Waals surface area (Å²) < 4.78 is 1.94. The number of benzene rings is 1. The highest BCUT2D eigenvalue weighted by molar-refractivity contribution is 6.34. The lowest BCUT2D eigenvalue weighted by atomic mass is 10.1. The van der Waals surface area contributed by atoms with Gasteiger partial charge in [0.1, 0.15) is 5.65 Å². The zero-order valence-corrected chi connectivity index (χ0v) is 19.1. The molecule has 1 fully saturated rings. The number of aromatic nitrogens is 4. The molecule has 1 aliphatic rings. The monoisotopic (exact) mass is 481 g/mol. The van der Waals surface area contributed by atoms with E-state index >= 15 is 0 Å². The molecule has 2 N–H and O–H groups in total. The number of aromatic amines is 1. The molecule has 1 amide bonds. The Balaban J connectivity index is 1.39. The molecule has 168 valence electrons. The van der Waals surface area contributed by atoms with Crippen molar-refractivity contribution in [2.45, 2.75) is 18.9 Å². The second-order valence-corrected chi connectivity index (χ2v) is 8.92. The van der Waals surface area contributed by atoms with E-state index in [-0.39, 0.29) is 6.04 Å². The van der Waals surface area contributed by atoms with Gasteiger partial charge in [0, 0.05) is 63.8 Å². The zero-order valence-electron chi connectivity index (χ0n) is 17.6. The number of likely N-dealkylation sites (tertiary alicyclic amines) is 1. The molecular weight excluding hydrogens is 461 g/mol. The van der Waals surface area contributed by atoms with Gasteiger partial charge >= 0.3 is 6.09 Å². The van der Waals surface area contributed by atoms with Crippen LogP contribution in [0.15, 0.2) is 49.1 Å². The van der Waals surface area contributed by atoms with Crippen LogP contribution in [0.1, 0.15) is 30.0 Å². The first-order chi connectivity index (χ1) is 16.0. The van der Waals surface area contributed by atoms with Crippen molar-refractivity contribution in [2.75, 3.05) is 13.1 Å². The fourth-order valence-electron chi connectivity index (χ4n) is 4.15. The highest BCUT2D eigenvalue weighted by Crippen LogP contribution is 2.29. The van der Waals surface area contributed by atoms with Gasteiger partial charge in [-0.25, -0.2) is 9.78 Å². The first kappa shape index (κ1) is 21.6. The van der Waals surface area contributed by atoms with Crippen molar-refractivity contribution < 1.29 is 9.90 Å². The Hall–Kier alpha value is -3.29. The van der Waals surface area contributed by atoms with Crippen LogP contribution >= 0.6 is 23.2 Å². The van der Waals surface area contributed by atoms with Crippen LogP contribution < -0.4 is 0 Å². The van der Waals surface area contributed by atoms with Gasteiger partial charge < -0.3 is 15.0 Å². The Morgan fingerprint density at radius 3 is 2.67 bits per heavy atom. The number of nitrogens with one attached hydrogen (secondary N) is 1. The van der Waals surface area contributed by atoms with Crippen molar-refractivity contribution in [1.29, 1.82) is 0 Å². The molecule has 1 saturated heterocycles. The van der Waals surface area contributed by atoms with Crippen molar-refractivity contribution in [3.05, 3.63) is 70.2 Å². The fourth-order valence-corrected chi connectivity index (χ4v) is 4.51. The molecule has 4 aromatic rings. The molecule has 33 heavy (non-hydrogen) atoms.